The van der Waals surface area contributed by atoms with E-state index in [9.17, 15) is 13.9 Å². The van der Waals surface area contributed by atoms with Gasteiger partial charge in [0.25, 0.3) is 0 Å². The third-order valence-electron chi connectivity index (χ3n) is 3.11. The maximum atomic E-state index is 13.2. The molecule has 0 spiro atoms. The molecule has 2 aromatic carbocycles. The summed E-state index contributed by atoms with van der Waals surface area (Å²) in [5, 5.41) is 9.39. The fourth-order valence-corrected chi connectivity index (χ4v) is 2.19. The Morgan fingerprint density at radius 1 is 1.05 bits per heavy atom. The van der Waals surface area contributed by atoms with E-state index in [-0.39, 0.29) is 11.6 Å². The number of benzene rings is 2. The van der Waals surface area contributed by atoms with Gasteiger partial charge in [0.1, 0.15) is 11.6 Å². The summed E-state index contributed by atoms with van der Waals surface area (Å²) in [6, 6.07) is 13.3. The van der Waals surface area contributed by atoms with Crippen LogP contribution in [0.25, 0.3) is 23.2 Å². The van der Waals surface area contributed by atoms with E-state index in [0.717, 1.165) is 4.57 Å². The van der Waals surface area contributed by atoms with Gasteiger partial charge >= 0.3 is 6.55 Å². The summed E-state index contributed by atoms with van der Waals surface area (Å²) in [4.78, 5) is 4.21. The van der Waals surface area contributed by atoms with Crippen molar-refractivity contribution >= 4 is 23.2 Å². The molecule has 0 aliphatic heterocycles. The first-order chi connectivity index (χ1) is 10.1. The van der Waals surface area contributed by atoms with Gasteiger partial charge in [-0.25, -0.2) is 4.98 Å². The van der Waals surface area contributed by atoms with E-state index in [0.29, 0.717) is 16.6 Å². The van der Waals surface area contributed by atoms with Crippen LogP contribution < -0.4 is 0 Å². The van der Waals surface area contributed by atoms with Crippen LogP contribution in [0.2, 0.25) is 0 Å². The number of fused-ring (bicyclic) bond motifs is 1. The highest BCUT2D eigenvalue weighted by Gasteiger charge is 2.15. The minimum absolute atomic E-state index is 0.125. The lowest BCUT2D eigenvalue weighted by Gasteiger charge is -2.04. The van der Waals surface area contributed by atoms with Gasteiger partial charge in [-0.1, -0.05) is 30.3 Å². The van der Waals surface area contributed by atoms with Crippen LogP contribution in [0.1, 0.15) is 17.9 Å². The number of hydrogen-bond donors (Lipinski definition) is 1. The second kappa shape index (κ2) is 5.36. The number of aromatic hydroxyl groups is 1. The lowest BCUT2D eigenvalue weighted by Crippen LogP contribution is -2.00. The number of phenols is 1. The zero-order chi connectivity index (χ0) is 14.8. The Morgan fingerprint density at radius 2 is 1.86 bits per heavy atom. The molecule has 0 saturated carbocycles. The molecule has 0 radical (unpaired) electrons. The molecular weight excluding hydrogens is 274 g/mol. The number of para-hydroxylation sites is 2. The minimum Gasteiger partial charge on any atom is -0.508 e. The summed E-state index contributed by atoms with van der Waals surface area (Å²) in [7, 11) is 0. The molecule has 0 saturated heterocycles. The lowest BCUT2D eigenvalue weighted by atomic mass is 10.2. The Morgan fingerprint density at radius 3 is 2.62 bits per heavy atom. The van der Waals surface area contributed by atoms with Crippen LogP contribution in [0, 0.1) is 0 Å². The third-order valence-corrected chi connectivity index (χ3v) is 3.11. The Kier molecular flexibility index (Phi) is 3.39. The predicted octanol–water partition coefficient (Wildman–Crippen LogP) is 4.31. The first-order valence-electron chi connectivity index (χ1n) is 6.37. The van der Waals surface area contributed by atoms with Crippen molar-refractivity contribution in [3.05, 3.63) is 59.9 Å². The normalized spacial score (nSPS) is 11.8. The van der Waals surface area contributed by atoms with E-state index in [1.807, 2.05) is 0 Å². The zero-order valence-corrected chi connectivity index (χ0v) is 10.9. The molecule has 0 aliphatic rings. The molecule has 0 unspecified atom stereocenters. The van der Waals surface area contributed by atoms with Gasteiger partial charge in [-0.05, 0) is 35.9 Å². The Hall–Kier alpha value is -2.69. The minimum atomic E-state index is -2.67. The van der Waals surface area contributed by atoms with E-state index < -0.39 is 6.55 Å². The molecule has 5 heteroatoms. The summed E-state index contributed by atoms with van der Waals surface area (Å²) in [5.74, 6) is 0.300. The average molecular weight is 286 g/mol. The summed E-state index contributed by atoms with van der Waals surface area (Å²) in [6.07, 6.45) is 3.15. The maximum absolute atomic E-state index is 13.2. The number of alkyl halides is 2. The summed E-state index contributed by atoms with van der Waals surface area (Å²) in [5.41, 5.74) is 1.62. The van der Waals surface area contributed by atoms with E-state index in [4.69, 9.17) is 0 Å². The van der Waals surface area contributed by atoms with Crippen molar-refractivity contribution in [1.29, 1.82) is 0 Å². The van der Waals surface area contributed by atoms with Crippen molar-refractivity contribution in [3.8, 4) is 5.75 Å². The lowest BCUT2D eigenvalue weighted by molar-refractivity contribution is 0.0739. The van der Waals surface area contributed by atoms with Gasteiger partial charge in [-0.15, -0.1) is 0 Å². The van der Waals surface area contributed by atoms with Crippen molar-refractivity contribution in [2.75, 3.05) is 0 Å². The van der Waals surface area contributed by atoms with Crippen molar-refractivity contribution in [1.82, 2.24) is 9.55 Å². The van der Waals surface area contributed by atoms with E-state index >= 15 is 0 Å². The summed E-state index contributed by atoms with van der Waals surface area (Å²) < 4.78 is 27.3. The first-order valence-corrected chi connectivity index (χ1v) is 6.37. The van der Waals surface area contributed by atoms with Gasteiger partial charge < -0.3 is 5.11 Å². The highest BCUT2D eigenvalue weighted by Crippen LogP contribution is 2.24. The van der Waals surface area contributed by atoms with Crippen molar-refractivity contribution < 1.29 is 13.9 Å². The Labute approximate surface area is 119 Å². The quantitative estimate of drug-likeness (QED) is 0.779. The molecular formula is C16H12F2N2O. The Bertz CT molecular complexity index is 809. The molecule has 106 valence electrons. The largest absolute Gasteiger partial charge is 0.508 e. The zero-order valence-electron chi connectivity index (χ0n) is 10.9. The van der Waals surface area contributed by atoms with Crippen LogP contribution in [0.3, 0.4) is 0 Å². The van der Waals surface area contributed by atoms with Crippen LogP contribution in [-0.2, 0) is 0 Å². The van der Waals surface area contributed by atoms with Gasteiger partial charge in [0.2, 0.25) is 0 Å². The Balaban J connectivity index is 2.06. The molecule has 21 heavy (non-hydrogen) atoms. The molecule has 1 aromatic heterocycles. The molecule has 3 aromatic rings. The van der Waals surface area contributed by atoms with Crippen molar-refractivity contribution in [3.63, 3.8) is 0 Å². The second-order valence-corrected chi connectivity index (χ2v) is 4.53. The standard InChI is InChI=1S/C16H12F2N2O/c17-16(18)20-14-7-2-1-6-13(14)19-15(20)9-8-11-4-3-5-12(21)10-11/h1-10,16,21H/b9-8+. The predicted molar refractivity (Wildman–Crippen MR) is 78.0 cm³/mol. The third kappa shape index (κ3) is 2.63. The number of imidazole rings is 1. The molecule has 3 nitrogen and oxygen atoms in total. The number of nitrogens with zero attached hydrogens (tertiary/aromatic N) is 2. The smallest absolute Gasteiger partial charge is 0.320 e. The second-order valence-electron chi connectivity index (χ2n) is 4.53. The fraction of sp³-hybridized carbons (Fsp3) is 0.0625. The number of phenolic OH excluding ortho intramolecular Hbond substituents is 1. The highest BCUT2D eigenvalue weighted by molar-refractivity contribution is 5.80. The molecule has 0 atom stereocenters. The van der Waals surface area contributed by atoms with Crippen molar-refractivity contribution in [2.45, 2.75) is 6.55 Å². The molecule has 1 heterocycles. The van der Waals surface area contributed by atoms with Gasteiger partial charge in [0.15, 0.2) is 0 Å². The average Bonchev–Trinajstić information content (AvgIpc) is 2.83. The van der Waals surface area contributed by atoms with Gasteiger partial charge in [-0.2, -0.15) is 8.78 Å². The number of aromatic nitrogens is 2. The SMILES string of the molecule is Oc1cccc(/C=C/c2nc3ccccc3n2C(F)F)c1. The molecule has 1 N–H and O–H groups in total. The van der Waals surface area contributed by atoms with Crippen LogP contribution in [0.4, 0.5) is 8.78 Å². The molecule has 3 rings (SSSR count). The van der Waals surface area contributed by atoms with Gasteiger partial charge in [0, 0.05) is 0 Å². The monoisotopic (exact) mass is 286 g/mol. The van der Waals surface area contributed by atoms with Crippen LogP contribution in [0.5, 0.6) is 5.75 Å². The number of halogens is 2. The molecule has 0 aliphatic carbocycles. The molecule has 0 bridgehead atoms. The van der Waals surface area contributed by atoms with E-state index in [2.05, 4.69) is 4.98 Å². The number of rotatable bonds is 3. The van der Waals surface area contributed by atoms with Gasteiger partial charge in [0.05, 0.1) is 11.0 Å². The summed E-state index contributed by atoms with van der Waals surface area (Å²) >= 11 is 0. The van der Waals surface area contributed by atoms with Gasteiger partial charge in [-0.3, -0.25) is 4.57 Å². The van der Waals surface area contributed by atoms with E-state index in [1.165, 1.54) is 6.08 Å². The summed E-state index contributed by atoms with van der Waals surface area (Å²) in [6.45, 7) is -2.67. The first kappa shape index (κ1) is 13.3. The molecule has 0 fully saturated rings. The van der Waals surface area contributed by atoms with Crippen LogP contribution in [0.15, 0.2) is 48.5 Å². The van der Waals surface area contributed by atoms with Crippen LogP contribution >= 0.6 is 0 Å². The van der Waals surface area contributed by atoms with Crippen LogP contribution in [-0.4, -0.2) is 14.7 Å². The maximum Gasteiger partial charge on any atom is 0.320 e. The topological polar surface area (TPSA) is 38.1 Å². The molecule has 0 amide bonds. The number of hydrogen-bond acceptors (Lipinski definition) is 2. The fourth-order valence-electron chi connectivity index (χ4n) is 2.19. The van der Waals surface area contributed by atoms with Crippen molar-refractivity contribution in [2.24, 2.45) is 0 Å². The highest BCUT2D eigenvalue weighted by atomic mass is 19.3. The van der Waals surface area contributed by atoms with E-state index in [1.54, 1.807) is 54.6 Å².